The van der Waals surface area contributed by atoms with Crippen molar-refractivity contribution in [2.24, 2.45) is 7.05 Å². The first-order chi connectivity index (χ1) is 13.0. The first-order valence-electron chi connectivity index (χ1n) is 8.86. The van der Waals surface area contributed by atoms with Crippen LogP contribution < -0.4 is 10.2 Å². The van der Waals surface area contributed by atoms with Crippen LogP contribution in [0.2, 0.25) is 0 Å². The Morgan fingerprint density at radius 1 is 1.26 bits per heavy atom. The van der Waals surface area contributed by atoms with Gasteiger partial charge in [-0.1, -0.05) is 15.9 Å². The highest BCUT2D eigenvalue weighted by Crippen LogP contribution is 2.25. The monoisotopic (exact) mass is 428 g/mol. The van der Waals surface area contributed by atoms with E-state index in [0.717, 1.165) is 46.3 Å². The van der Waals surface area contributed by atoms with Gasteiger partial charge in [-0.25, -0.2) is 0 Å². The average Bonchev–Trinajstić information content (AvgIpc) is 3.25. The van der Waals surface area contributed by atoms with E-state index in [1.807, 2.05) is 42.5 Å². The maximum atomic E-state index is 12.8. The summed E-state index contributed by atoms with van der Waals surface area (Å²) in [5, 5.41) is 8.23. The lowest BCUT2D eigenvalue weighted by Crippen LogP contribution is -2.22. The molecule has 0 radical (unpaired) electrons. The van der Waals surface area contributed by atoms with Gasteiger partial charge in [-0.2, -0.15) is 5.10 Å². The van der Waals surface area contributed by atoms with Crippen molar-refractivity contribution in [2.75, 3.05) is 30.4 Å². The second-order valence-electron chi connectivity index (χ2n) is 6.73. The summed E-state index contributed by atoms with van der Waals surface area (Å²) in [6.45, 7) is 1.89. The van der Waals surface area contributed by atoms with Crippen LogP contribution in [0.1, 0.15) is 16.9 Å². The van der Waals surface area contributed by atoms with Gasteiger partial charge in [-0.15, -0.1) is 0 Å². The number of carbonyl (C=O) groups excluding carboxylic acids is 1. The highest BCUT2D eigenvalue weighted by molar-refractivity contribution is 9.10. The molecule has 1 aromatic heterocycles. The zero-order valence-corrected chi connectivity index (χ0v) is 16.9. The molecule has 1 aliphatic heterocycles. The van der Waals surface area contributed by atoms with Gasteiger partial charge >= 0.3 is 0 Å². The molecule has 1 amide bonds. The molecule has 0 bridgehead atoms. The topological polar surface area (TPSA) is 59.4 Å². The lowest BCUT2D eigenvalue weighted by molar-refractivity contribution is 0.101. The van der Waals surface area contributed by atoms with Crippen molar-refractivity contribution >= 4 is 44.1 Å². The van der Waals surface area contributed by atoms with E-state index in [1.54, 1.807) is 18.8 Å². The number of methoxy groups -OCH3 is 1. The summed E-state index contributed by atoms with van der Waals surface area (Å²) >= 11 is 3.44. The highest BCUT2D eigenvalue weighted by atomic mass is 79.9. The number of hydrogen-bond donors (Lipinski definition) is 1. The van der Waals surface area contributed by atoms with Crippen LogP contribution in [-0.2, 0) is 11.8 Å². The molecule has 1 N–H and O–H groups in total. The molecular formula is C20H21BrN4O2. The molecule has 0 spiro atoms. The highest BCUT2D eigenvalue weighted by Gasteiger charge is 2.22. The van der Waals surface area contributed by atoms with Crippen molar-refractivity contribution in [3.63, 3.8) is 0 Å². The van der Waals surface area contributed by atoms with Gasteiger partial charge in [0.25, 0.3) is 5.91 Å². The van der Waals surface area contributed by atoms with Crippen LogP contribution in [0.4, 0.5) is 11.4 Å². The van der Waals surface area contributed by atoms with Crippen molar-refractivity contribution in [3.05, 3.63) is 52.6 Å². The van der Waals surface area contributed by atoms with Crippen LogP contribution in [-0.4, -0.2) is 42.0 Å². The first kappa shape index (κ1) is 18.0. The predicted octanol–water partition coefficient (Wildman–Crippen LogP) is 3.81. The number of benzene rings is 2. The number of aromatic nitrogens is 2. The fourth-order valence-electron chi connectivity index (χ4n) is 3.54. The Hall–Kier alpha value is -2.38. The SMILES string of the molecule is COC1CCN(c2ccc(NC(=O)c3c4ccc(Br)cc4nn3C)cc2)C1. The van der Waals surface area contributed by atoms with E-state index >= 15 is 0 Å². The minimum absolute atomic E-state index is 0.171. The molecule has 2 heterocycles. The summed E-state index contributed by atoms with van der Waals surface area (Å²) in [5.41, 5.74) is 3.24. The summed E-state index contributed by atoms with van der Waals surface area (Å²) in [5.74, 6) is -0.171. The fourth-order valence-corrected chi connectivity index (χ4v) is 3.89. The molecule has 1 aliphatic rings. The van der Waals surface area contributed by atoms with Gasteiger partial charge < -0.3 is 15.0 Å². The summed E-state index contributed by atoms with van der Waals surface area (Å²) in [6, 6.07) is 13.7. The minimum atomic E-state index is -0.171. The molecule has 6 nitrogen and oxygen atoms in total. The molecule has 4 rings (SSSR count). The lowest BCUT2D eigenvalue weighted by Gasteiger charge is -2.18. The number of nitrogens with one attached hydrogen (secondary N) is 1. The second-order valence-corrected chi connectivity index (χ2v) is 7.64. The maximum Gasteiger partial charge on any atom is 0.274 e. The summed E-state index contributed by atoms with van der Waals surface area (Å²) in [4.78, 5) is 15.1. The van der Waals surface area contributed by atoms with Gasteiger partial charge in [-0.3, -0.25) is 9.48 Å². The van der Waals surface area contributed by atoms with E-state index in [-0.39, 0.29) is 5.91 Å². The van der Waals surface area contributed by atoms with E-state index in [1.165, 1.54) is 0 Å². The van der Waals surface area contributed by atoms with Crippen molar-refractivity contribution in [1.29, 1.82) is 0 Å². The van der Waals surface area contributed by atoms with Gasteiger partial charge in [0.05, 0.1) is 11.6 Å². The van der Waals surface area contributed by atoms with E-state index in [2.05, 4.69) is 31.2 Å². The zero-order valence-electron chi connectivity index (χ0n) is 15.3. The largest absolute Gasteiger partial charge is 0.380 e. The van der Waals surface area contributed by atoms with Crippen LogP contribution in [0, 0.1) is 0 Å². The third-order valence-corrected chi connectivity index (χ3v) is 5.47. The van der Waals surface area contributed by atoms with Crippen LogP contribution in [0.5, 0.6) is 0 Å². The van der Waals surface area contributed by atoms with Crippen LogP contribution in [0.15, 0.2) is 46.9 Å². The lowest BCUT2D eigenvalue weighted by atomic mass is 10.2. The Morgan fingerprint density at radius 3 is 2.74 bits per heavy atom. The number of hydrogen-bond acceptors (Lipinski definition) is 4. The number of anilines is 2. The Balaban J connectivity index is 1.51. The summed E-state index contributed by atoms with van der Waals surface area (Å²) in [6.07, 6.45) is 1.33. The summed E-state index contributed by atoms with van der Waals surface area (Å²) < 4.78 is 7.98. The average molecular weight is 429 g/mol. The fraction of sp³-hybridized carbons (Fsp3) is 0.300. The van der Waals surface area contributed by atoms with E-state index < -0.39 is 0 Å². The van der Waals surface area contributed by atoms with Crippen molar-refractivity contribution in [2.45, 2.75) is 12.5 Å². The van der Waals surface area contributed by atoms with Crippen molar-refractivity contribution in [1.82, 2.24) is 9.78 Å². The summed E-state index contributed by atoms with van der Waals surface area (Å²) in [7, 11) is 3.54. The Labute approximate surface area is 166 Å². The van der Waals surface area contributed by atoms with Crippen LogP contribution in [0.3, 0.4) is 0 Å². The number of halogens is 1. The zero-order chi connectivity index (χ0) is 19.0. The maximum absolute atomic E-state index is 12.8. The number of fused-ring (bicyclic) bond motifs is 1. The van der Waals surface area contributed by atoms with Gasteiger partial charge in [0.1, 0.15) is 5.69 Å². The van der Waals surface area contributed by atoms with E-state index in [9.17, 15) is 4.79 Å². The van der Waals surface area contributed by atoms with Gasteiger partial charge in [0.15, 0.2) is 0 Å². The van der Waals surface area contributed by atoms with Gasteiger partial charge in [-0.05, 0) is 48.9 Å². The molecule has 0 aliphatic carbocycles. The van der Waals surface area contributed by atoms with Gasteiger partial charge in [0, 0.05) is 48.5 Å². The molecule has 3 aromatic rings. The molecule has 1 unspecified atom stereocenters. The molecule has 27 heavy (non-hydrogen) atoms. The Morgan fingerprint density at radius 2 is 2.04 bits per heavy atom. The number of aryl methyl sites for hydroxylation is 1. The molecular weight excluding hydrogens is 408 g/mol. The molecule has 2 aromatic carbocycles. The number of ether oxygens (including phenoxy) is 1. The molecule has 7 heteroatoms. The normalized spacial score (nSPS) is 16.9. The molecule has 1 fully saturated rings. The molecule has 140 valence electrons. The quantitative estimate of drug-likeness (QED) is 0.685. The van der Waals surface area contributed by atoms with Gasteiger partial charge in [0.2, 0.25) is 0 Å². The standard InChI is InChI=1S/C20H21BrN4O2/c1-24-19(17-8-3-13(21)11-18(17)23-24)20(26)22-14-4-6-15(7-5-14)25-10-9-16(12-25)27-2/h3-8,11,16H,9-10,12H2,1-2H3,(H,22,26). The number of rotatable bonds is 4. The third kappa shape index (κ3) is 3.57. The van der Waals surface area contributed by atoms with E-state index in [4.69, 9.17) is 4.74 Å². The van der Waals surface area contributed by atoms with Crippen molar-refractivity contribution < 1.29 is 9.53 Å². The smallest absolute Gasteiger partial charge is 0.274 e. The number of carbonyl (C=O) groups is 1. The van der Waals surface area contributed by atoms with Crippen LogP contribution in [0.25, 0.3) is 10.9 Å². The Kier molecular flexibility index (Phi) is 4.88. The predicted molar refractivity (Wildman–Crippen MR) is 110 cm³/mol. The molecule has 1 saturated heterocycles. The number of amides is 1. The van der Waals surface area contributed by atoms with E-state index in [0.29, 0.717) is 11.8 Å². The Bertz CT molecular complexity index is 984. The molecule has 0 saturated carbocycles. The first-order valence-corrected chi connectivity index (χ1v) is 9.66. The number of nitrogens with zero attached hydrogens (tertiary/aromatic N) is 3. The third-order valence-electron chi connectivity index (χ3n) is 4.98. The minimum Gasteiger partial charge on any atom is -0.380 e. The molecule has 1 atom stereocenters. The van der Waals surface area contributed by atoms with Crippen molar-refractivity contribution in [3.8, 4) is 0 Å². The van der Waals surface area contributed by atoms with Crippen LogP contribution >= 0.6 is 15.9 Å². The second kappa shape index (κ2) is 7.32.